The summed E-state index contributed by atoms with van der Waals surface area (Å²) < 4.78 is 28.3. The standard InChI is InChI=1S/C13H18F2N4/c1-2-5-16-9-11-4-3-7-18(11)10-12-17-6-8-19(12)13(14)15/h3-4,6-8,13,16H,2,5,9-10H2,1H3. The van der Waals surface area contributed by atoms with Crippen LogP contribution in [0.3, 0.4) is 0 Å². The molecule has 0 atom stereocenters. The Morgan fingerprint density at radius 2 is 2.21 bits per heavy atom. The molecule has 0 aliphatic carbocycles. The highest BCUT2D eigenvalue weighted by Crippen LogP contribution is 2.14. The van der Waals surface area contributed by atoms with E-state index in [-0.39, 0.29) is 0 Å². The smallest absolute Gasteiger partial charge is 0.319 e. The van der Waals surface area contributed by atoms with Crippen LogP contribution in [-0.4, -0.2) is 20.7 Å². The Bertz CT molecular complexity index is 504. The van der Waals surface area contributed by atoms with Gasteiger partial charge in [0.05, 0.1) is 6.54 Å². The van der Waals surface area contributed by atoms with E-state index in [1.165, 1.54) is 12.4 Å². The van der Waals surface area contributed by atoms with E-state index in [1.807, 2.05) is 22.9 Å². The predicted molar refractivity (Wildman–Crippen MR) is 69.0 cm³/mol. The first kappa shape index (κ1) is 13.7. The monoisotopic (exact) mass is 268 g/mol. The van der Waals surface area contributed by atoms with Crippen molar-refractivity contribution < 1.29 is 8.78 Å². The van der Waals surface area contributed by atoms with Gasteiger partial charge in [-0.25, -0.2) is 4.98 Å². The van der Waals surface area contributed by atoms with E-state index in [2.05, 4.69) is 17.2 Å². The summed E-state index contributed by atoms with van der Waals surface area (Å²) in [5, 5.41) is 3.30. The number of halogens is 2. The topological polar surface area (TPSA) is 34.8 Å². The largest absolute Gasteiger partial charge is 0.343 e. The van der Waals surface area contributed by atoms with Crippen LogP contribution in [-0.2, 0) is 13.1 Å². The third-order valence-electron chi connectivity index (χ3n) is 2.93. The first-order valence-corrected chi connectivity index (χ1v) is 6.37. The Labute approximate surface area is 111 Å². The van der Waals surface area contributed by atoms with Gasteiger partial charge in [0.25, 0.3) is 0 Å². The molecule has 0 aliphatic rings. The van der Waals surface area contributed by atoms with Gasteiger partial charge in [0.2, 0.25) is 0 Å². The second-order valence-corrected chi connectivity index (χ2v) is 4.33. The maximum atomic E-state index is 12.7. The number of rotatable bonds is 7. The first-order valence-electron chi connectivity index (χ1n) is 6.37. The second kappa shape index (κ2) is 6.47. The molecule has 0 bridgehead atoms. The van der Waals surface area contributed by atoms with Crippen molar-refractivity contribution in [3.8, 4) is 0 Å². The van der Waals surface area contributed by atoms with Crippen LogP contribution in [0.4, 0.5) is 8.78 Å². The van der Waals surface area contributed by atoms with Crippen molar-refractivity contribution >= 4 is 0 Å². The van der Waals surface area contributed by atoms with E-state index >= 15 is 0 Å². The Balaban J connectivity index is 2.06. The zero-order chi connectivity index (χ0) is 13.7. The molecule has 0 radical (unpaired) electrons. The average Bonchev–Trinajstić information content (AvgIpc) is 3.00. The first-order chi connectivity index (χ1) is 9.22. The fourth-order valence-corrected chi connectivity index (χ4v) is 1.95. The van der Waals surface area contributed by atoms with Gasteiger partial charge in [-0.1, -0.05) is 6.92 Å². The summed E-state index contributed by atoms with van der Waals surface area (Å²) in [4.78, 5) is 3.99. The van der Waals surface area contributed by atoms with Gasteiger partial charge in [0.1, 0.15) is 5.82 Å². The lowest BCUT2D eigenvalue weighted by atomic mass is 10.4. The third-order valence-corrected chi connectivity index (χ3v) is 2.93. The molecule has 2 aromatic rings. The maximum Gasteiger partial charge on any atom is 0.319 e. The summed E-state index contributed by atoms with van der Waals surface area (Å²) in [6.45, 7) is 1.58. The number of imidazole rings is 1. The van der Waals surface area contributed by atoms with Crippen molar-refractivity contribution in [3.63, 3.8) is 0 Å². The fourth-order valence-electron chi connectivity index (χ4n) is 1.95. The van der Waals surface area contributed by atoms with E-state index in [9.17, 15) is 8.78 Å². The van der Waals surface area contributed by atoms with Crippen molar-refractivity contribution in [2.75, 3.05) is 6.54 Å². The summed E-state index contributed by atoms with van der Waals surface area (Å²) in [5.74, 6) is 0.364. The fraction of sp³-hybridized carbons (Fsp3) is 0.462. The summed E-state index contributed by atoms with van der Waals surface area (Å²) in [7, 11) is 0. The summed E-state index contributed by atoms with van der Waals surface area (Å²) in [6, 6.07) is 3.90. The predicted octanol–water partition coefficient (Wildman–Crippen LogP) is 2.63. The van der Waals surface area contributed by atoms with Crippen LogP contribution in [0.2, 0.25) is 0 Å². The molecule has 6 heteroatoms. The van der Waals surface area contributed by atoms with Crippen molar-refractivity contribution in [1.29, 1.82) is 0 Å². The van der Waals surface area contributed by atoms with Gasteiger partial charge in [-0.15, -0.1) is 0 Å². The SMILES string of the molecule is CCCNCc1cccn1Cc1nccn1C(F)F. The summed E-state index contributed by atoms with van der Waals surface area (Å²) in [6.07, 6.45) is 5.66. The minimum absolute atomic E-state index is 0.355. The van der Waals surface area contributed by atoms with E-state index in [0.717, 1.165) is 29.8 Å². The van der Waals surface area contributed by atoms with Gasteiger partial charge in [-0.05, 0) is 25.1 Å². The zero-order valence-corrected chi connectivity index (χ0v) is 10.9. The average molecular weight is 268 g/mol. The van der Waals surface area contributed by atoms with Crippen molar-refractivity contribution in [2.45, 2.75) is 33.0 Å². The number of alkyl halides is 2. The van der Waals surface area contributed by atoms with Crippen LogP contribution in [0, 0.1) is 0 Å². The Hall–Kier alpha value is -1.69. The molecular weight excluding hydrogens is 250 g/mol. The number of nitrogens with zero attached hydrogens (tertiary/aromatic N) is 3. The zero-order valence-electron chi connectivity index (χ0n) is 10.9. The summed E-state index contributed by atoms with van der Waals surface area (Å²) in [5.41, 5.74) is 1.07. The molecule has 1 N–H and O–H groups in total. The van der Waals surface area contributed by atoms with E-state index < -0.39 is 6.55 Å². The van der Waals surface area contributed by atoms with Crippen LogP contribution < -0.4 is 5.32 Å². The molecule has 2 aromatic heterocycles. The molecule has 0 saturated carbocycles. The minimum atomic E-state index is -2.55. The van der Waals surface area contributed by atoms with Crippen LogP contribution in [0.5, 0.6) is 0 Å². The molecule has 4 nitrogen and oxygen atoms in total. The van der Waals surface area contributed by atoms with Crippen molar-refractivity contribution in [1.82, 2.24) is 19.4 Å². The molecule has 0 unspecified atom stereocenters. The van der Waals surface area contributed by atoms with Crippen LogP contribution in [0.1, 0.15) is 31.4 Å². The van der Waals surface area contributed by atoms with Gasteiger partial charge >= 0.3 is 6.55 Å². The van der Waals surface area contributed by atoms with Crippen molar-refractivity contribution in [2.24, 2.45) is 0 Å². The Kier molecular flexibility index (Phi) is 4.68. The van der Waals surface area contributed by atoms with Crippen LogP contribution >= 0.6 is 0 Å². The number of hydrogen-bond donors (Lipinski definition) is 1. The molecular formula is C13H18F2N4. The molecule has 104 valence electrons. The molecule has 0 spiro atoms. The highest BCUT2D eigenvalue weighted by molar-refractivity contribution is 5.09. The van der Waals surface area contributed by atoms with Gasteiger partial charge in [0, 0.05) is 30.8 Å². The number of nitrogens with one attached hydrogen (secondary N) is 1. The van der Waals surface area contributed by atoms with Crippen LogP contribution in [0.25, 0.3) is 0 Å². The van der Waals surface area contributed by atoms with Crippen molar-refractivity contribution in [3.05, 3.63) is 42.2 Å². The Morgan fingerprint density at radius 1 is 1.37 bits per heavy atom. The minimum Gasteiger partial charge on any atom is -0.343 e. The number of aromatic nitrogens is 3. The lowest BCUT2D eigenvalue weighted by molar-refractivity contribution is 0.0667. The van der Waals surface area contributed by atoms with Gasteiger partial charge in [-0.2, -0.15) is 8.78 Å². The normalized spacial score (nSPS) is 11.4. The molecule has 0 amide bonds. The molecule has 2 heterocycles. The lowest BCUT2D eigenvalue weighted by Crippen LogP contribution is -2.18. The third kappa shape index (κ3) is 3.41. The highest BCUT2D eigenvalue weighted by Gasteiger charge is 2.12. The Morgan fingerprint density at radius 3 is 2.95 bits per heavy atom. The number of hydrogen-bond acceptors (Lipinski definition) is 2. The molecule has 2 rings (SSSR count). The molecule has 0 aliphatic heterocycles. The van der Waals surface area contributed by atoms with Crippen LogP contribution in [0.15, 0.2) is 30.7 Å². The quantitative estimate of drug-likeness (QED) is 0.783. The molecule has 0 fully saturated rings. The van der Waals surface area contributed by atoms with Gasteiger partial charge in [0.15, 0.2) is 0 Å². The van der Waals surface area contributed by atoms with Gasteiger partial charge in [-0.3, -0.25) is 4.57 Å². The van der Waals surface area contributed by atoms with E-state index in [4.69, 9.17) is 0 Å². The molecule has 0 aromatic carbocycles. The van der Waals surface area contributed by atoms with E-state index in [0.29, 0.717) is 12.4 Å². The van der Waals surface area contributed by atoms with E-state index in [1.54, 1.807) is 0 Å². The van der Waals surface area contributed by atoms with Gasteiger partial charge < -0.3 is 9.88 Å². The molecule has 0 saturated heterocycles. The highest BCUT2D eigenvalue weighted by atomic mass is 19.3. The maximum absolute atomic E-state index is 12.7. The lowest BCUT2D eigenvalue weighted by Gasteiger charge is -2.11. The molecule has 19 heavy (non-hydrogen) atoms. The summed E-state index contributed by atoms with van der Waals surface area (Å²) >= 11 is 0. The second-order valence-electron chi connectivity index (χ2n) is 4.33.